The summed E-state index contributed by atoms with van der Waals surface area (Å²) in [6.45, 7) is 8.22. The molecule has 0 aromatic heterocycles. The van der Waals surface area contributed by atoms with Crippen LogP contribution >= 0.6 is 12.4 Å². The number of halogens is 1. The molecule has 0 aliphatic rings. The molecule has 1 rings (SSSR count). The van der Waals surface area contributed by atoms with Crippen LogP contribution in [-0.2, 0) is 11.3 Å². The second-order valence-corrected chi connectivity index (χ2v) is 5.42. The molecule has 0 spiro atoms. The summed E-state index contributed by atoms with van der Waals surface area (Å²) in [6, 6.07) is 10.1. The molecule has 20 heavy (non-hydrogen) atoms. The quantitative estimate of drug-likeness (QED) is 0.841. The van der Waals surface area contributed by atoms with Crippen molar-refractivity contribution < 1.29 is 4.79 Å². The summed E-state index contributed by atoms with van der Waals surface area (Å²) in [5.74, 6) is 0.650. The predicted molar refractivity (Wildman–Crippen MR) is 86.8 cm³/mol. The number of rotatable bonds is 7. The largest absolute Gasteiger partial charge is 0.338 e. The first-order chi connectivity index (χ1) is 9.06. The molecule has 3 nitrogen and oxygen atoms in total. The van der Waals surface area contributed by atoms with Crippen LogP contribution in [-0.4, -0.2) is 23.9 Å². The zero-order valence-electron chi connectivity index (χ0n) is 12.7. The van der Waals surface area contributed by atoms with Gasteiger partial charge in [0.1, 0.15) is 0 Å². The smallest absolute Gasteiger partial charge is 0.225 e. The minimum absolute atomic E-state index is 0. The zero-order valence-corrected chi connectivity index (χ0v) is 13.5. The normalized spacial score (nSPS) is 11.8. The third kappa shape index (κ3) is 5.93. The minimum Gasteiger partial charge on any atom is -0.338 e. The summed E-state index contributed by atoms with van der Waals surface area (Å²) in [4.78, 5) is 14.4. The lowest BCUT2D eigenvalue weighted by molar-refractivity contribution is -0.137. The molecule has 0 fully saturated rings. The SMILES string of the molecule is CC(C)C(C)C(=O)N(CCCN)Cc1ccccc1.Cl. The Bertz CT molecular complexity index is 381. The van der Waals surface area contributed by atoms with Crippen LogP contribution in [0.1, 0.15) is 32.8 Å². The Kier molecular flexibility index (Phi) is 9.26. The van der Waals surface area contributed by atoms with Crippen molar-refractivity contribution in [3.63, 3.8) is 0 Å². The molecule has 1 amide bonds. The van der Waals surface area contributed by atoms with Crippen molar-refractivity contribution in [2.45, 2.75) is 33.7 Å². The van der Waals surface area contributed by atoms with Gasteiger partial charge in [-0.2, -0.15) is 0 Å². The van der Waals surface area contributed by atoms with Gasteiger partial charge in [0.2, 0.25) is 5.91 Å². The first-order valence-corrected chi connectivity index (χ1v) is 7.09. The Labute approximate surface area is 128 Å². The van der Waals surface area contributed by atoms with Crippen molar-refractivity contribution in [1.82, 2.24) is 4.90 Å². The summed E-state index contributed by atoms with van der Waals surface area (Å²) < 4.78 is 0. The molecular weight excluding hydrogens is 272 g/mol. The van der Waals surface area contributed by atoms with Crippen molar-refractivity contribution in [2.24, 2.45) is 17.6 Å². The molecule has 0 aliphatic heterocycles. The third-order valence-corrected chi connectivity index (χ3v) is 3.55. The first-order valence-electron chi connectivity index (χ1n) is 7.09. The standard InChI is InChI=1S/C16H26N2O.ClH/c1-13(2)14(3)16(19)18(11-7-10-17)12-15-8-5-4-6-9-15;/h4-6,8-9,13-14H,7,10-12,17H2,1-3H3;1H. The van der Waals surface area contributed by atoms with E-state index >= 15 is 0 Å². The molecule has 114 valence electrons. The molecule has 1 unspecified atom stereocenters. The summed E-state index contributed by atoms with van der Waals surface area (Å²) in [6.07, 6.45) is 0.851. The number of amides is 1. The van der Waals surface area contributed by atoms with Crippen LogP contribution in [0.5, 0.6) is 0 Å². The molecule has 0 saturated carbocycles. The second kappa shape index (κ2) is 9.78. The van der Waals surface area contributed by atoms with E-state index in [0.29, 0.717) is 19.0 Å². The maximum atomic E-state index is 12.5. The Morgan fingerprint density at radius 2 is 1.80 bits per heavy atom. The second-order valence-electron chi connectivity index (χ2n) is 5.42. The van der Waals surface area contributed by atoms with Crippen molar-refractivity contribution in [3.05, 3.63) is 35.9 Å². The Morgan fingerprint density at radius 3 is 2.30 bits per heavy atom. The lowest BCUT2D eigenvalue weighted by atomic mass is 9.96. The number of carbonyl (C=O) groups is 1. The molecule has 1 aromatic carbocycles. The van der Waals surface area contributed by atoms with E-state index in [9.17, 15) is 4.79 Å². The number of hydrogen-bond acceptors (Lipinski definition) is 2. The summed E-state index contributed by atoms with van der Waals surface area (Å²) >= 11 is 0. The van der Waals surface area contributed by atoms with Gasteiger partial charge in [-0.05, 0) is 24.4 Å². The van der Waals surface area contributed by atoms with Crippen LogP contribution in [0.15, 0.2) is 30.3 Å². The van der Waals surface area contributed by atoms with E-state index in [0.717, 1.165) is 13.0 Å². The topological polar surface area (TPSA) is 46.3 Å². The highest BCUT2D eigenvalue weighted by Crippen LogP contribution is 2.16. The van der Waals surface area contributed by atoms with E-state index in [1.807, 2.05) is 30.0 Å². The van der Waals surface area contributed by atoms with Crippen LogP contribution in [0.2, 0.25) is 0 Å². The van der Waals surface area contributed by atoms with Gasteiger partial charge in [0, 0.05) is 19.0 Å². The van der Waals surface area contributed by atoms with Gasteiger partial charge in [-0.3, -0.25) is 4.79 Å². The van der Waals surface area contributed by atoms with E-state index in [4.69, 9.17) is 5.73 Å². The van der Waals surface area contributed by atoms with Gasteiger partial charge in [0.25, 0.3) is 0 Å². The lowest BCUT2D eigenvalue weighted by Gasteiger charge is -2.27. The van der Waals surface area contributed by atoms with E-state index in [-0.39, 0.29) is 24.2 Å². The fourth-order valence-corrected chi connectivity index (χ4v) is 1.93. The Morgan fingerprint density at radius 1 is 1.20 bits per heavy atom. The third-order valence-electron chi connectivity index (χ3n) is 3.55. The van der Waals surface area contributed by atoms with E-state index < -0.39 is 0 Å². The van der Waals surface area contributed by atoms with E-state index in [1.165, 1.54) is 5.56 Å². The fourth-order valence-electron chi connectivity index (χ4n) is 1.93. The average molecular weight is 299 g/mol. The molecule has 0 aliphatic carbocycles. The number of hydrogen-bond donors (Lipinski definition) is 1. The predicted octanol–water partition coefficient (Wildman–Crippen LogP) is 3.08. The highest BCUT2D eigenvalue weighted by Gasteiger charge is 2.22. The van der Waals surface area contributed by atoms with Gasteiger partial charge in [-0.25, -0.2) is 0 Å². The molecule has 0 heterocycles. The van der Waals surface area contributed by atoms with Gasteiger partial charge in [-0.15, -0.1) is 12.4 Å². The Hall–Kier alpha value is -1.06. The fraction of sp³-hybridized carbons (Fsp3) is 0.562. The van der Waals surface area contributed by atoms with Gasteiger partial charge >= 0.3 is 0 Å². The summed E-state index contributed by atoms with van der Waals surface area (Å²) in [5, 5.41) is 0. The van der Waals surface area contributed by atoms with Crippen molar-refractivity contribution in [2.75, 3.05) is 13.1 Å². The average Bonchev–Trinajstić information content (AvgIpc) is 2.42. The molecule has 0 bridgehead atoms. The van der Waals surface area contributed by atoms with Crippen molar-refractivity contribution in [1.29, 1.82) is 0 Å². The number of nitrogens with two attached hydrogens (primary N) is 1. The van der Waals surface area contributed by atoms with Crippen LogP contribution in [0.25, 0.3) is 0 Å². The minimum atomic E-state index is 0. The summed E-state index contributed by atoms with van der Waals surface area (Å²) in [5.41, 5.74) is 6.74. The molecule has 0 saturated heterocycles. The monoisotopic (exact) mass is 298 g/mol. The van der Waals surface area contributed by atoms with Gasteiger partial charge < -0.3 is 10.6 Å². The molecule has 1 atom stereocenters. The number of carbonyl (C=O) groups excluding carboxylic acids is 1. The van der Waals surface area contributed by atoms with Gasteiger partial charge in [0.15, 0.2) is 0 Å². The molecule has 4 heteroatoms. The zero-order chi connectivity index (χ0) is 14.3. The highest BCUT2D eigenvalue weighted by atomic mass is 35.5. The molecule has 0 radical (unpaired) electrons. The van der Waals surface area contributed by atoms with Crippen molar-refractivity contribution in [3.8, 4) is 0 Å². The van der Waals surface area contributed by atoms with Crippen LogP contribution in [0.4, 0.5) is 0 Å². The van der Waals surface area contributed by atoms with Crippen LogP contribution < -0.4 is 5.73 Å². The number of nitrogens with zero attached hydrogens (tertiary/aromatic N) is 1. The Balaban J connectivity index is 0.00000361. The lowest BCUT2D eigenvalue weighted by Crippen LogP contribution is -2.37. The first kappa shape index (κ1) is 18.9. The maximum Gasteiger partial charge on any atom is 0.225 e. The van der Waals surface area contributed by atoms with Crippen LogP contribution in [0.3, 0.4) is 0 Å². The van der Waals surface area contributed by atoms with Crippen LogP contribution in [0, 0.1) is 11.8 Å². The molecule has 1 aromatic rings. The van der Waals surface area contributed by atoms with Gasteiger partial charge in [-0.1, -0.05) is 51.1 Å². The summed E-state index contributed by atoms with van der Waals surface area (Å²) in [7, 11) is 0. The highest BCUT2D eigenvalue weighted by molar-refractivity contribution is 5.85. The number of benzene rings is 1. The maximum absolute atomic E-state index is 12.5. The van der Waals surface area contributed by atoms with Crippen molar-refractivity contribution >= 4 is 18.3 Å². The molecule has 2 N–H and O–H groups in total. The van der Waals surface area contributed by atoms with E-state index in [2.05, 4.69) is 26.0 Å². The van der Waals surface area contributed by atoms with Gasteiger partial charge in [0.05, 0.1) is 0 Å². The van der Waals surface area contributed by atoms with E-state index in [1.54, 1.807) is 0 Å². The molecular formula is C16H27ClN2O.